The summed E-state index contributed by atoms with van der Waals surface area (Å²) < 4.78 is 20.1. The number of carbonyl (C=O) groups excluding carboxylic acids is 1. The fourth-order valence-electron chi connectivity index (χ4n) is 4.33. The van der Waals surface area contributed by atoms with E-state index in [4.69, 9.17) is 4.74 Å². The topological polar surface area (TPSA) is 80.2 Å². The van der Waals surface area contributed by atoms with E-state index in [1.54, 1.807) is 35.2 Å². The number of methoxy groups -OCH3 is 1. The number of nitrogens with one attached hydrogen (secondary N) is 1. The third kappa shape index (κ3) is 4.12. The molecule has 1 aliphatic heterocycles. The van der Waals surface area contributed by atoms with E-state index in [1.807, 2.05) is 19.1 Å². The van der Waals surface area contributed by atoms with Crippen molar-refractivity contribution in [3.8, 4) is 16.3 Å². The number of nitrogens with zero attached hydrogens (tertiary/aromatic N) is 4. The number of hydrogen-bond acceptors (Lipinski definition) is 7. The average molecular weight is 478 g/mol. The molecule has 1 N–H and O–H groups in total. The highest BCUT2D eigenvalue weighted by Crippen LogP contribution is 2.34. The summed E-state index contributed by atoms with van der Waals surface area (Å²) in [5.74, 6) is -0.0367. The van der Waals surface area contributed by atoms with E-state index >= 15 is 4.39 Å². The predicted octanol–water partition coefficient (Wildman–Crippen LogP) is 4.61. The Labute approximate surface area is 200 Å². The minimum absolute atomic E-state index is 0.102. The molecule has 0 radical (unpaired) electrons. The van der Waals surface area contributed by atoms with Crippen LogP contribution in [0.25, 0.3) is 21.3 Å². The van der Waals surface area contributed by atoms with Gasteiger partial charge in [-0.2, -0.15) is 0 Å². The maximum Gasteiger partial charge on any atom is 0.259 e. The number of piperidine rings is 1. The lowest BCUT2D eigenvalue weighted by Gasteiger charge is -2.34. The average Bonchev–Trinajstić information content (AvgIpc) is 3.32. The highest BCUT2D eigenvalue weighted by molar-refractivity contribution is 7.14. The van der Waals surface area contributed by atoms with Crippen LogP contribution in [0.2, 0.25) is 0 Å². The van der Waals surface area contributed by atoms with Crippen LogP contribution >= 0.6 is 11.3 Å². The van der Waals surface area contributed by atoms with Gasteiger partial charge in [0.15, 0.2) is 11.6 Å². The number of anilines is 1. The Morgan fingerprint density at radius 1 is 1.15 bits per heavy atom. The van der Waals surface area contributed by atoms with Crippen LogP contribution in [-0.2, 0) is 0 Å². The molecule has 1 fully saturated rings. The van der Waals surface area contributed by atoms with E-state index in [9.17, 15) is 4.79 Å². The van der Waals surface area contributed by atoms with Crippen LogP contribution in [0.15, 0.2) is 48.7 Å². The number of rotatable bonds is 5. The van der Waals surface area contributed by atoms with Crippen molar-refractivity contribution in [2.75, 3.05) is 25.1 Å². The minimum atomic E-state index is -0.463. The Balaban J connectivity index is 1.57. The SMILES string of the molecule is COc1ccc2c(N(C(=O)c3ccc(-c4nnc(C)s4)cc3)[C@@H]3CCCNC3)nccc2c1F. The first-order valence-corrected chi connectivity index (χ1v) is 11.9. The van der Waals surface area contributed by atoms with Crippen molar-refractivity contribution in [3.05, 3.63) is 65.0 Å². The first-order chi connectivity index (χ1) is 16.6. The monoisotopic (exact) mass is 477 g/mol. The van der Waals surface area contributed by atoms with E-state index in [1.165, 1.54) is 24.6 Å². The van der Waals surface area contributed by atoms with Crippen LogP contribution in [0.3, 0.4) is 0 Å². The van der Waals surface area contributed by atoms with Crippen molar-refractivity contribution < 1.29 is 13.9 Å². The van der Waals surface area contributed by atoms with Gasteiger partial charge in [0.25, 0.3) is 5.91 Å². The fourth-order valence-corrected chi connectivity index (χ4v) is 5.03. The van der Waals surface area contributed by atoms with Crippen LogP contribution in [0, 0.1) is 12.7 Å². The van der Waals surface area contributed by atoms with Gasteiger partial charge < -0.3 is 10.1 Å². The summed E-state index contributed by atoms with van der Waals surface area (Å²) in [5.41, 5.74) is 1.44. The largest absolute Gasteiger partial charge is 0.494 e. The summed E-state index contributed by atoms with van der Waals surface area (Å²) in [7, 11) is 1.43. The van der Waals surface area contributed by atoms with Gasteiger partial charge in [-0.15, -0.1) is 10.2 Å². The van der Waals surface area contributed by atoms with Crippen molar-refractivity contribution in [2.45, 2.75) is 25.8 Å². The molecule has 7 nitrogen and oxygen atoms in total. The van der Waals surface area contributed by atoms with E-state index in [0.717, 1.165) is 35.0 Å². The van der Waals surface area contributed by atoms with E-state index in [0.29, 0.717) is 28.7 Å². The molecule has 1 atom stereocenters. The van der Waals surface area contributed by atoms with Crippen molar-refractivity contribution >= 4 is 33.8 Å². The number of carbonyl (C=O) groups is 1. The lowest BCUT2D eigenvalue weighted by Crippen LogP contribution is -2.49. The molecule has 1 saturated heterocycles. The summed E-state index contributed by atoms with van der Waals surface area (Å²) in [4.78, 5) is 20.1. The summed E-state index contributed by atoms with van der Waals surface area (Å²) in [6, 6.07) is 12.2. The van der Waals surface area contributed by atoms with Gasteiger partial charge in [0.05, 0.1) is 13.2 Å². The number of aromatic nitrogens is 3. The standard InChI is InChI=1S/C25H24FN5O2S/c1-15-29-30-24(34-15)16-5-7-17(8-6-16)25(32)31(18-4-3-12-27-14-18)23-20-9-10-21(33-2)22(26)19(20)11-13-28-23/h5-11,13,18,27H,3-4,12,14H2,1-2H3/t18-/m1/s1. The number of aryl methyl sites for hydroxylation is 1. The van der Waals surface area contributed by atoms with Gasteiger partial charge in [-0.1, -0.05) is 23.5 Å². The third-order valence-electron chi connectivity index (χ3n) is 6.03. The first kappa shape index (κ1) is 22.4. The summed E-state index contributed by atoms with van der Waals surface area (Å²) in [5, 5.41) is 14.3. The maximum atomic E-state index is 15.0. The zero-order chi connectivity index (χ0) is 23.7. The first-order valence-electron chi connectivity index (χ1n) is 11.1. The molecule has 3 heterocycles. The van der Waals surface area contributed by atoms with Crippen molar-refractivity contribution in [1.29, 1.82) is 0 Å². The zero-order valence-electron chi connectivity index (χ0n) is 18.9. The quantitative estimate of drug-likeness (QED) is 0.452. The molecule has 0 bridgehead atoms. The van der Waals surface area contributed by atoms with E-state index in [-0.39, 0.29) is 17.7 Å². The van der Waals surface area contributed by atoms with Gasteiger partial charge in [-0.3, -0.25) is 9.69 Å². The second kappa shape index (κ2) is 9.44. The molecular formula is C25H24FN5O2S. The lowest BCUT2D eigenvalue weighted by molar-refractivity contribution is 0.0972. The third-order valence-corrected chi connectivity index (χ3v) is 6.92. The second-order valence-corrected chi connectivity index (χ2v) is 9.37. The van der Waals surface area contributed by atoms with Crippen LogP contribution in [-0.4, -0.2) is 47.3 Å². The van der Waals surface area contributed by atoms with E-state index < -0.39 is 5.82 Å². The Hall–Kier alpha value is -3.43. The number of ether oxygens (including phenoxy) is 1. The molecule has 0 spiro atoms. The Morgan fingerprint density at radius 2 is 1.97 bits per heavy atom. The van der Waals surface area contributed by atoms with Gasteiger partial charge in [-0.25, -0.2) is 9.37 Å². The number of hydrogen-bond donors (Lipinski definition) is 1. The summed E-state index contributed by atoms with van der Waals surface area (Å²) >= 11 is 1.51. The Kier molecular flexibility index (Phi) is 6.21. The van der Waals surface area contributed by atoms with Crippen molar-refractivity contribution in [1.82, 2.24) is 20.5 Å². The number of amides is 1. The van der Waals surface area contributed by atoms with E-state index in [2.05, 4.69) is 20.5 Å². The van der Waals surface area contributed by atoms with Gasteiger partial charge in [-0.05, 0) is 56.6 Å². The normalized spacial score (nSPS) is 15.9. The maximum absolute atomic E-state index is 15.0. The van der Waals surface area contributed by atoms with Crippen LogP contribution in [0.4, 0.5) is 10.2 Å². The minimum Gasteiger partial charge on any atom is -0.494 e. The van der Waals surface area contributed by atoms with Gasteiger partial charge in [0.1, 0.15) is 15.8 Å². The van der Waals surface area contributed by atoms with Gasteiger partial charge >= 0.3 is 0 Å². The molecule has 1 amide bonds. The Morgan fingerprint density at radius 3 is 2.65 bits per heavy atom. The number of pyridine rings is 1. The molecule has 5 rings (SSSR count). The zero-order valence-corrected chi connectivity index (χ0v) is 19.7. The molecular weight excluding hydrogens is 453 g/mol. The molecule has 34 heavy (non-hydrogen) atoms. The Bertz CT molecular complexity index is 1340. The molecule has 2 aromatic heterocycles. The molecule has 4 aromatic rings. The number of halogens is 1. The second-order valence-electron chi connectivity index (χ2n) is 8.19. The van der Waals surface area contributed by atoms with Gasteiger partial charge in [0.2, 0.25) is 0 Å². The molecule has 0 unspecified atom stereocenters. The lowest BCUT2D eigenvalue weighted by atomic mass is 10.0. The van der Waals surface area contributed by atoms with Crippen molar-refractivity contribution in [2.24, 2.45) is 0 Å². The molecule has 174 valence electrons. The fraction of sp³-hybridized carbons (Fsp3) is 0.280. The van der Waals surface area contributed by atoms with Crippen LogP contribution in [0.1, 0.15) is 28.2 Å². The van der Waals surface area contributed by atoms with Gasteiger partial charge in [0, 0.05) is 34.6 Å². The molecule has 0 saturated carbocycles. The molecule has 0 aliphatic carbocycles. The highest BCUT2D eigenvalue weighted by Gasteiger charge is 2.30. The number of fused-ring (bicyclic) bond motifs is 1. The smallest absolute Gasteiger partial charge is 0.259 e. The molecule has 1 aliphatic rings. The summed E-state index contributed by atoms with van der Waals surface area (Å²) in [6.45, 7) is 3.46. The van der Waals surface area contributed by atoms with Crippen molar-refractivity contribution in [3.63, 3.8) is 0 Å². The molecule has 9 heteroatoms. The predicted molar refractivity (Wildman–Crippen MR) is 131 cm³/mol. The van der Waals surface area contributed by atoms with Crippen LogP contribution in [0.5, 0.6) is 5.75 Å². The highest BCUT2D eigenvalue weighted by atomic mass is 32.1. The summed E-state index contributed by atoms with van der Waals surface area (Å²) in [6.07, 6.45) is 3.31. The van der Waals surface area contributed by atoms with Crippen LogP contribution < -0.4 is 15.0 Å². The number of benzene rings is 2. The molecule has 2 aromatic carbocycles.